The molecule has 0 spiro atoms. The lowest BCUT2D eigenvalue weighted by Gasteiger charge is -2.15. The molecule has 0 aliphatic carbocycles. The average Bonchev–Trinajstić information content (AvgIpc) is 2.65. The van der Waals surface area contributed by atoms with Gasteiger partial charge in [-0.3, -0.25) is 9.59 Å². The van der Waals surface area contributed by atoms with Crippen LogP contribution in [0.4, 0.5) is 0 Å². The molecule has 1 heterocycles. The summed E-state index contributed by atoms with van der Waals surface area (Å²) in [4.78, 5) is 25.6. The average molecular weight is 455 g/mol. The van der Waals surface area contributed by atoms with Crippen molar-refractivity contribution >= 4 is 36.7 Å². The van der Waals surface area contributed by atoms with Crippen LogP contribution in [0.2, 0.25) is 0 Å². The number of methoxy groups -OCH3 is 2. The van der Waals surface area contributed by atoms with Gasteiger partial charge in [-0.25, -0.2) is 4.68 Å². The van der Waals surface area contributed by atoms with Crippen molar-refractivity contribution in [2.24, 2.45) is 7.05 Å². The predicted octanol–water partition coefficient (Wildman–Crippen LogP) is 1.72. The monoisotopic (exact) mass is 454 g/mol. The van der Waals surface area contributed by atoms with Crippen LogP contribution >= 0.6 is 15.9 Å². The summed E-state index contributed by atoms with van der Waals surface area (Å²) in [6, 6.07) is 8.52. The second-order valence-electron chi connectivity index (χ2n) is 5.59. The van der Waals surface area contributed by atoms with Crippen molar-refractivity contribution in [2.45, 2.75) is 4.90 Å². The Bertz CT molecular complexity index is 1280. The van der Waals surface area contributed by atoms with Gasteiger partial charge in [0, 0.05) is 11.5 Å². The molecule has 3 rings (SSSR count). The molecule has 2 aromatic carbocycles. The first-order valence-corrected chi connectivity index (χ1v) is 9.85. The fraction of sp³-hybridized carbons (Fsp3) is 0.176. The molecule has 3 aromatic rings. The Hall–Kier alpha value is -2.59. The Morgan fingerprint density at radius 1 is 0.926 bits per heavy atom. The fourth-order valence-electron chi connectivity index (χ4n) is 2.73. The zero-order valence-corrected chi connectivity index (χ0v) is 17.0. The summed E-state index contributed by atoms with van der Waals surface area (Å²) in [5.41, 5.74) is -1.53. The molecule has 142 valence electrons. The Balaban J connectivity index is 2.45. The van der Waals surface area contributed by atoms with Gasteiger partial charge < -0.3 is 9.47 Å². The van der Waals surface area contributed by atoms with Gasteiger partial charge in [0.1, 0.15) is 0 Å². The van der Waals surface area contributed by atoms with Crippen molar-refractivity contribution in [3.8, 4) is 11.5 Å². The Labute approximate surface area is 162 Å². The first-order valence-electron chi connectivity index (χ1n) is 7.61. The highest BCUT2D eigenvalue weighted by Gasteiger charge is 2.25. The van der Waals surface area contributed by atoms with E-state index in [1.807, 2.05) is 0 Å². The lowest BCUT2D eigenvalue weighted by molar-refractivity contribution is 0.355. The van der Waals surface area contributed by atoms with E-state index >= 15 is 0 Å². The Morgan fingerprint density at radius 3 is 2.00 bits per heavy atom. The maximum atomic E-state index is 13.0. The van der Waals surface area contributed by atoms with Gasteiger partial charge in [0.15, 0.2) is 11.5 Å². The molecule has 0 aliphatic heterocycles. The molecule has 1 aromatic heterocycles. The number of rotatable bonds is 4. The molecule has 0 saturated heterocycles. The van der Waals surface area contributed by atoms with Crippen molar-refractivity contribution in [2.75, 3.05) is 14.2 Å². The van der Waals surface area contributed by atoms with E-state index < -0.39 is 21.1 Å². The molecule has 8 nitrogen and oxygen atoms in total. The van der Waals surface area contributed by atoms with Gasteiger partial charge in [-0.05, 0) is 30.3 Å². The molecular formula is C17H15BrN2O6S. The first-order chi connectivity index (χ1) is 12.7. The summed E-state index contributed by atoms with van der Waals surface area (Å²) >= 11 is 3.20. The van der Waals surface area contributed by atoms with Crippen LogP contribution in [0.3, 0.4) is 0 Å². The van der Waals surface area contributed by atoms with E-state index in [0.29, 0.717) is 8.56 Å². The molecule has 0 radical (unpaired) electrons. The summed E-state index contributed by atoms with van der Waals surface area (Å²) < 4.78 is 38.1. The highest BCUT2D eigenvalue weighted by atomic mass is 79.9. The largest absolute Gasteiger partial charge is 0.493 e. The molecule has 0 bridgehead atoms. The molecule has 27 heavy (non-hydrogen) atoms. The van der Waals surface area contributed by atoms with Crippen molar-refractivity contribution < 1.29 is 17.9 Å². The normalized spacial score (nSPS) is 11.6. The SMILES string of the molecule is COc1cc2c(=O)n(C)n(S(=O)(=O)c3cccc(Br)c3)c(=O)c2cc1OC. The van der Waals surface area contributed by atoms with Gasteiger partial charge in [-0.15, -0.1) is 4.09 Å². The number of halogens is 1. The molecule has 0 aliphatic rings. The van der Waals surface area contributed by atoms with Gasteiger partial charge in [0.05, 0.1) is 29.9 Å². The lowest BCUT2D eigenvalue weighted by atomic mass is 10.1. The Morgan fingerprint density at radius 2 is 1.48 bits per heavy atom. The Kier molecular flexibility index (Phi) is 4.87. The highest BCUT2D eigenvalue weighted by Crippen LogP contribution is 2.29. The molecule has 0 saturated carbocycles. The van der Waals surface area contributed by atoms with E-state index in [0.717, 1.165) is 4.68 Å². The molecule has 0 amide bonds. The summed E-state index contributed by atoms with van der Waals surface area (Å²) in [6.45, 7) is 0. The fourth-order valence-corrected chi connectivity index (χ4v) is 4.72. The summed E-state index contributed by atoms with van der Waals surface area (Å²) in [6.07, 6.45) is 0. The van der Waals surface area contributed by atoms with E-state index in [-0.39, 0.29) is 27.2 Å². The number of ether oxygens (including phenoxy) is 2. The van der Waals surface area contributed by atoms with Crippen molar-refractivity contribution in [3.63, 3.8) is 0 Å². The zero-order chi connectivity index (χ0) is 19.9. The van der Waals surface area contributed by atoms with Crippen LogP contribution in [0.25, 0.3) is 10.8 Å². The summed E-state index contributed by atoms with van der Waals surface area (Å²) in [5.74, 6) is 0.468. The lowest BCUT2D eigenvalue weighted by Crippen LogP contribution is -2.41. The highest BCUT2D eigenvalue weighted by molar-refractivity contribution is 9.10. The topological polar surface area (TPSA) is 96.6 Å². The number of aromatic nitrogens is 2. The van der Waals surface area contributed by atoms with Crippen LogP contribution in [-0.4, -0.2) is 31.4 Å². The first kappa shape index (κ1) is 19.2. The molecule has 0 fully saturated rings. The van der Waals surface area contributed by atoms with Gasteiger partial charge >= 0.3 is 0 Å². The van der Waals surface area contributed by atoms with Crippen LogP contribution in [0.1, 0.15) is 0 Å². The van der Waals surface area contributed by atoms with Crippen LogP contribution in [0, 0.1) is 0 Å². The number of hydrogen-bond acceptors (Lipinski definition) is 6. The minimum atomic E-state index is -4.31. The third-order valence-corrected chi connectivity index (χ3v) is 6.26. The molecule has 0 N–H and O–H groups in total. The number of nitrogens with zero attached hydrogens (tertiary/aromatic N) is 2. The maximum Gasteiger partial charge on any atom is 0.288 e. The standard InChI is InChI=1S/C17H15BrN2O6S/c1-19-16(21)12-8-14(25-2)15(26-3)9-13(12)17(22)20(19)27(23,24)11-6-4-5-10(18)7-11/h4-9H,1-3H3. The second-order valence-corrected chi connectivity index (χ2v) is 8.28. The van der Waals surface area contributed by atoms with Gasteiger partial charge in [-0.1, -0.05) is 22.0 Å². The quantitative estimate of drug-likeness (QED) is 0.595. The third-order valence-electron chi connectivity index (χ3n) is 4.05. The van der Waals surface area contributed by atoms with Crippen molar-refractivity contribution in [3.05, 3.63) is 61.6 Å². The molecular weight excluding hydrogens is 440 g/mol. The summed E-state index contributed by atoms with van der Waals surface area (Å²) in [5, 5.41) is -0.0600. The van der Waals surface area contributed by atoms with Gasteiger partial charge in [-0.2, -0.15) is 8.42 Å². The van der Waals surface area contributed by atoms with Crippen molar-refractivity contribution in [1.29, 1.82) is 0 Å². The van der Waals surface area contributed by atoms with Crippen LogP contribution in [0.15, 0.2) is 55.4 Å². The van der Waals surface area contributed by atoms with E-state index in [1.165, 1.54) is 51.6 Å². The predicted molar refractivity (Wildman–Crippen MR) is 103 cm³/mol. The van der Waals surface area contributed by atoms with E-state index in [2.05, 4.69) is 15.9 Å². The minimum Gasteiger partial charge on any atom is -0.493 e. The molecule has 0 atom stereocenters. The number of hydrogen-bond donors (Lipinski definition) is 0. The smallest absolute Gasteiger partial charge is 0.288 e. The van der Waals surface area contributed by atoms with Crippen LogP contribution in [-0.2, 0) is 17.1 Å². The number of fused-ring (bicyclic) bond motifs is 1. The third kappa shape index (κ3) is 3.04. The minimum absolute atomic E-state index is 0.0286. The van der Waals surface area contributed by atoms with Crippen molar-refractivity contribution in [1.82, 2.24) is 8.77 Å². The molecule has 0 unspecified atom stereocenters. The van der Waals surface area contributed by atoms with E-state index in [1.54, 1.807) is 6.07 Å². The summed E-state index contributed by atoms with van der Waals surface area (Å²) in [7, 11) is -0.317. The van der Waals surface area contributed by atoms with E-state index in [4.69, 9.17) is 9.47 Å². The number of benzene rings is 2. The van der Waals surface area contributed by atoms with Crippen LogP contribution < -0.4 is 20.6 Å². The second kappa shape index (κ2) is 6.86. The maximum absolute atomic E-state index is 13.0. The van der Waals surface area contributed by atoms with E-state index in [9.17, 15) is 18.0 Å². The van der Waals surface area contributed by atoms with Crippen LogP contribution in [0.5, 0.6) is 11.5 Å². The van der Waals surface area contributed by atoms with Gasteiger partial charge in [0.25, 0.3) is 21.1 Å². The molecule has 10 heteroatoms. The zero-order valence-electron chi connectivity index (χ0n) is 14.6. The van der Waals surface area contributed by atoms with Gasteiger partial charge in [0.2, 0.25) is 0 Å².